The number of benzene rings is 1. The topological polar surface area (TPSA) is 86.8 Å². The lowest BCUT2D eigenvalue weighted by Gasteiger charge is -2.24. The van der Waals surface area contributed by atoms with Gasteiger partial charge in [-0.05, 0) is 12.1 Å². The van der Waals surface area contributed by atoms with Gasteiger partial charge in [0.15, 0.2) is 5.65 Å². The quantitative estimate of drug-likeness (QED) is 0.412. The number of hydrogen-bond donors (Lipinski definition) is 2. The van der Waals surface area contributed by atoms with Gasteiger partial charge in [-0.15, -0.1) is 11.8 Å². The van der Waals surface area contributed by atoms with E-state index in [0.717, 1.165) is 0 Å². The van der Waals surface area contributed by atoms with Gasteiger partial charge in [0.05, 0.1) is 23.2 Å². The lowest BCUT2D eigenvalue weighted by Crippen LogP contribution is -2.39. The number of carbonyl (C=O) groups is 1. The fourth-order valence-corrected chi connectivity index (χ4v) is 3.86. The number of hydrogen-bond acceptors (Lipinski definition) is 6. The van der Waals surface area contributed by atoms with E-state index in [1.54, 1.807) is 24.3 Å². The molecular weight excluding hydrogens is 367 g/mol. The molecule has 7 nitrogen and oxygen atoms in total. The molecule has 1 aliphatic rings. The van der Waals surface area contributed by atoms with Gasteiger partial charge in [-0.2, -0.15) is 0 Å². The molecule has 1 fully saturated rings. The minimum absolute atomic E-state index is 0.377. The van der Waals surface area contributed by atoms with Crippen molar-refractivity contribution in [2.45, 2.75) is 17.5 Å². The summed E-state index contributed by atoms with van der Waals surface area (Å²) in [6, 6.07) is 6.86. The van der Waals surface area contributed by atoms with Crippen LogP contribution in [0.15, 0.2) is 41.9 Å². The predicted molar refractivity (Wildman–Crippen MR) is 93.2 cm³/mol. The van der Waals surface area contributed by atoms with Crippen LogP contribution in [0, 0.1) is 0 Å². The Kier molecular flexibility index (Phi) is 4.28. The molecule has 0 radical (unpaired) electrons. The Balaban J connectivity index is 1.59. The lowest BCUT2D eigenvalue weighted by atomic mass is 10.3. The first-order chi connectivity index (χ1) is 12.1. The summed E-state index contributed by atoms with van der Waals surface area (Å²) in [6.45, 7) is 0. The molecule has 25 heavy (non-hydrogen) atoms. The molecule has 0 spiro atoms. The highest BCUT2D eigenvalue weighted by molar-refractivity contribution is 7.99. The Morgan fingerprint density at radius 2 is 2.12 bits per heavy atom. The van der Waals surface area contributed by atoms with Crippen LogP contribution in [0.1, 0.15) is 0 Å². The Bertz CT molecular complexity index is 937. The number of alkyl halides is 1. The number of H-pyrrole nitrogens is 1. The van der Waals surface area contributed by atoms with Crippen molar-refractivity contribution < 1.29 is 9.18 Å². The Labute approximate surface area is 151 Å². The first-order valence-corrected chi connectivity index (χ1v) is 8.76. The number of thioether (sulfide) groups is 1. The van der Waals surface area contributed by atoms with E-state index >= 15 is 0 Å². The van der Waals surface area contributed by atoms with E-state index in [4.69, 9.17) is 11.6 Å². The molecule has 3 heterocycles. The fourth-order valence-electron chi connectivity index (χ4n) is 2.66. The van der Waals surface area contributed by atoms with Crippen LogP contribution in [-0.4, -0.2) is 44.1 Å². The molecule has 2 N–H and O–H groups in total. The third-order valence-electron chi connectivity index (χ3n) is 3.78. The molecule has 0 aliphatic carbocycles. The average Bonchev–Trinajstić information content (AvgIpc) is 3.19. The van der Waals surface area contributed by atoms with Crippen LogP contribution in [0.2, 0.25) is 5.02 Å². The molecule has 1 aromatic carbocycles. The van der Waals surface area contributed by atoms with Crippen molar-refractivity contribution in [3.05, 3.63) is 41.9 Å². The smallest absolute Gasteiger partial charge is 0.278 e. The average molecular weight is 379 g/mol. The molecule has 1 amide bonds. The summed E-state index contributed by atoms with van der Waals surface area (Å²) in [4.78, 5) is 28.9. The maximum Gasteiger partial charge on any atom is 0.278 e. The van der Waals surface area contributed by atoms with Gasteiger partial charge in [-0.1, -0.05) is 23.7 Å². The zero-order chi connectivity index (χ0) is 17.4. The van der Waals surface area contributed by atoms with Crippen LogP contribution in [0.25, 0.3) is 11.2 Å². The number of nitrogens with one attached hydrogen (secondary N) is 2. The van der Waals surface area contributed by atoms with Crippen LogP contribution < -0.4 is 10.2 Å². The SMILES string of the molecule is O=C1C(F)NC(CSc2ncnc3nc[nH]c23)N1c1ccccc1Cl. The van der Waals surface area contributed by atoms with E-state index in [2.05, 4.69) is 25.3 Å². The summed E-state index contributed by atoms with van der Waals surface area (Å²) in [5.74, 6) is -0.282. The first kappa shape index (κ1) is 16.2. The van der Waals surface area contributed by atoms with Gasteiger partial charge in [-0.3, -0.25) is 15.0 Å². The van der Waals surface area contributed by atoms with E-state index in [-0.39, 0.29) is 0 Å². The molecule has 2 unspecified atom stereocenters. The Morgan fingerprint density at radius 3 is 2.96 bits per heavy atom. The number of aromatic amines is 1. The number of aromatic nitrogens is 4. The van der Waals surface area contributed by atoms with Gasteiger partial charge in [-0.25, -0.2) is 19.3 Å². The van der Waals surface area contributed by atoms with Crippen molar-refractivity contribution in [1.29, 1.82) is 0 Å². The largest absolute Gasteiger partial charge is 0.341 e. The zero-order valence-electron chi connectivity index (χ0n) is 12.7. The third kappa shape index (κ3) is 2.94. The fraction of sp³-hybridized carbons (Fsp3) is 0.200. The first-order valence-electron chi connectivity index (χ1n) is 7.40. The lowest BCUT2D eigenvalue weighted by molar-refractivity contribution is -0.121. The summed E-state index contributed by atoms with van der Waals surface area (Å²) in [6.07, 6.45) is 0.636. The van der Waals surface area contributed by atoms with Gasteiger partial charge >= 0.3 is 0 Å². The number of imidazole rings is 1. The standard InChI is InChI=1S/C15H12ClFN6OS/c16-8-3-1-2-4-9(8)23-10(22-12(17)15(23)24)5-25-14-11-13(19-6-18-11)20-7-21-14/h1-4,6-7,10,12,22H,5H2,(H,18,19,20,21). The molecule has 1 aliphatic heterocycles. The highest BCUT2D eigenvalue weighted by Crippen LogP contribution is 2.32. The monoisotopic (exact) mass is 378 g/mol. The van der Waals surface area contributed by atoms with Crippen LogP contribution in [0.3, 0.4) is 0 Å². The van der Waals surface area contributed by atoms with Crippen molar-refractivity contribution in [1.82, 2.24) is 25.3 Å². The Hall–Kier alpha value is -2.23. The normalized spacial score (nSPS) is 20.6. The summed E-state index contributed by atoms with van der Waals surface area (Å²) >= 11 is 7.55. The molecule has 0 bridgehead atoms. The van der Waals surface area contributed by atoms with Crippen molar-refractivity contribution in [2.75, 3.05) is 10.7 Å². The number of amides is 1. The van der Waals surface area contributed by atoms with Gasteiger partial charge < -0.3 is 4.98 Å². The van der Waals surface area contributed by atoms with Crippen LogP contribution in [0.5, 0.6) is 0 Å². The molecule has 2 aromatic heterocycles. The van der Waals surface area contributed by atoms with Crippen molar-refractivity contribution >= 4 is 46.1 Å². The molecule has 10 heteroatoms. The molecule has 4 rings (SSSR count). The summed E-state index contributed by atoms with van der Waals surface area (Å²) in [5.41, 5.74) is 1.74. The highest BCUT2D eigenvalue weighted by Gasteiger charge is 2.40. The molecule has 128 valence electrons. The Morgan fingerprint density at radius 1 is 1.28 bits per heavy atom. The molecule has 3 aromatic rings. The number of halogens is 2. The van der Waals surface area contributed by atoms with Crippen LogP contribution in [0.4, 0.5) is 10.1 Å². The predicted octanol–water partition coefficient (Wildman–Crippen LogP) is 2.36. The summed E-state index contributed by atoms with van der Waals surface area (Å²) < 4.78 is 14.0. The zero-order valence-corrected chi connectivity index (χ0v) is 14.3. The van der Waals surface area contributed by atoms with Crippen LogP contribution >= 0.6 is 23.4 Å². The van der Waals surface area contributed by atoms with Gasteiger partial charge in [0, 0.05) is 5.75 Å². The second-order valence-electron chi connectivity index (χ2n) is 5.30. The van der Waals surface area contributed by atoms with E-state index in [0.29, 0.717) is 32.7 Å². The van der Waals surface area contributed by atoms with Gasteiger partial charge in [0.1, 0.15) is 16.9 Å². The second-order valence-corrected chi connectivity index (χ2v) is 6.71. The maximum absolute atomic E-state index is 14.0. The van der Waals surface area contributed by atoms with Gasteiger partial charge in [0.25, 0.3) is 5.91 Å². The van der Waals surface area contributed by atoms with E-state index in [1.807, 2.05) is 0 Å². The molecule has 1 saturated heterocycles. The number of nitrogens with zero attached hydrogens (tertiary/aromatic N) is 4. The van der Waals surface area contributed by atoms with Crippen molar-refractivity contribution in [3.63, 3.8) is 0 Å². The molecule has 0 saturated carbocycles. The summed E-state index contributed by atoms with van der Waals surface area (Å²) in [5, 5.41) is 3.72. The second kappa shape index (κ2) is 6.58. The highest BCUT2D eigenvalue weighted by atomic mass is 35.5. The summed E-state index contributed by atoms with van der Waals surface area (Å²) in [7, 11) is 0. The molecular formula is C15H12ClFN6OS. The van der Waals surface area contributed by atoms with Gasteiger partial charge in [0.2, 0.25) is 6.30 Å². The molecule has 2 atom stereocenters. The van der Waals surface area contributed by atoms with E-state index in [9.17, 15) is 9.18 Å². The number of anilines is 1. The number of carbonyl (C=O) groups excluding carboxylic acids is 1. The number of rotatable bonds is 4. The number of fused-ring (bicyclic) bond motifs is 1. The maximum atomic E-state index is 14.0. The van der Waals surface area contributed by atoms with Crippen LogP contribution in [-0.2, 0) is 4.79 Å². The van der Waals surface area contributed by atoms with E-state index in [1.165, 1.54) is 29.3 Å². The minimum atomic E-state index is -1.76. The number of para-hydroxylation sites is 1. The van der Waals surface area contributed by atoms with E-state index < -0.39 is 18.4 Å². The van der Waals surface area contributed by atoms with Crippen molar-refractivity contribution in [2.24, 2.45) is 0 Å². The van der Waals surface area contributed by atoms with Crippen molar-refractivity contribution in [3.8, 4) is 0 Å². The third-order valence-corrected chi connectivity index (χ3v) is 5.17. The minimum Gasteiger partial charge on any atom is -0.341 e.